The summed E-state index contributed by atoms with van der Waals surface area (Å²) in [6, 6.07) is 18.1. The van der Waals surface area contributed by atoms with E-state index >= 15 is 0 Å². The molecule has 1 saturated heterocycles. The Morgan fingerprint density at radius 1 is 1.10 bits per heavy atom. The molecule has 1 aliphatic heterocycles. The van der Waals surface area contributed by atoms with Crippen molar-refractivity contribution < 1.29 is 4.79 Å². The highest BCUT2D eigenvalue weighted by Gasteiger charge is 2.21. The summed E-state index contributed by atoms with van der Waals surface area (Å²) in [7, 11) is 0. The van der Waals surface area contributed by atoms with E-state index in [1.165, 1.54) is 12.0 Å². The maximum absolute atomic E-state index is 12.6. The van der Waals surface area contributed by atoms with Crippen molar-refractivity contribution in [1.82, 2.24) is 20.0 Å². The summed E-state index contributed by atoms with van der Waals surface area (Å²) >= 11 is 0. The van der Waals surface area contributed by atoms with Gasteiger partial charge in [0.25, 0.3) is 5.91 Å². The van der Waals surface area contributed by atoms with Gasteiger partial charge in [-0.15, -0.1) is 0 Å². The Kier molecular flexibility index (Phi) is 6.60. The Labute approximate surface area is 178 Å². The number of nitrogens with zero attached hydrogens (tertiary/aromatic N) is 3. The Morgan fingerprint density at radius 3 is 2.60 bits per heavy atom. The lowest BCUT2D eigenvalue weighted by atomic mass is 9.97. The topological polar surface area (TPSA) is 50.2 Å². The first-order valence-corrected chi connectivity index (χ1v) is 10.9. The zero-order valence-corrected chi connectivity index (χ0v) is 17.6. The fraction of sp³-hybridized carbons (Fsp3) is 0.360. The zero-order valence-electron chi connectivity index (χ0n) is 17.6. The first kappa shape index (κ1) is 20.4. The van der Waals surface area contributed by atoms with Crippen molar-refractivity contribution in [1.29, 1.82) is 0 Å². The van der Waals surface area contributed by atoms with Gasteiger partial charge < -0.3 is 5.32 Å². The summed E-state index contributed by atoms with van der Waals surface area (Å²) in [4.78, 5) is 15.1. The van der Waals surface area contributed by atoms with Crippen molar-refractivity contribution in [2.45, 2.75) is 32.9 Å². The number of aromatic nitrogens is 2. The van der Waals surface area contributed by atoms with Gasteiger partial charge in [0.05, 0.1) is 6.20 Å². The number of piperidine rings is 1. The quantitative estimate of drug-likeness (QED) is 0.644. The number of benzene rings is 2. The molecule has 156 valence electrons. The SMILES string of the molecule is CCn1cc(CN2CCCC(CNC(=O)c3ccc(-c4ccccc4)cc3)C2)cn1. The van der Waals surface area contributed by atoms with E-state index in [2.05, 4.69) is 40.6 Å². The minimum atomic E-state index is 0.0101. The van der Waals surface area contributed by atoms with Gasteiger partial charge >= 0.3 is 0 Å². The second-order valence-electron chi connectivity index (χ2n) is 8.10. The summed E-state index contributed by atoms with van der Waals surface area (Å²) in [5, 5.41) is 7.51. The van der Waals surface area contributed by atoms with E-state index in [1.54, 1.807) is 0 Å². The molecule has 0 spiro atoms. The van der Waals surface area contributed by atoms with Crippen molar-refractivity contribution in [3.63, 3.8) is 0 Å². The van der Waals surface area contributed by atoms with Gasteiger partial charge in [-0.05, 0) is 55.5 Å². The number of hydrogen-bond donors (Lipinski definition) is 1. The molecule has 1 atom stereocenters. The monoisotopic (exact) mass is 402 g/mol. The predicted octanol–water partition coefficient (Wildman–Crippen LogP) is 4.21. The third kappa shape index (κ3) is 5.16. The van der Waals surface area contributed by atoms with Crippen LogP contribution in [-0.4, -0.2) is 40.2 Å². The minimum Gasteiger partial charge on any atom is -0.352 e. The number of carbonyl (C=O) groups excluding carboxylic acids is 1. The van der Waals surface area contributed by atoms with Gasteiger partial charge in [0.15, 0.2) is 0 Å². The van der Waals surface area contributed by atoms with Crippen LogP contribution in [0.1, 0.15) is 35.7 Å². The number of nitrogens with one attached hydrogen (secondary N) is 1. The van der Waals surface area contributed by atoms with Crippen LogP contribution in [0, 0.1) is 5.92 Å². The number of hydrogen-bond acceptors (Lipinski definition) is 3. The van der Waals surface area contributed by atoms with Crippen molar-refractivity contribution in [2.24, 2.45) is 5.92 Å². The Bertz CT molecular complexity index is 949. The van der Waals surface area contributed by atoms with Gasteiger partial charge in [-0.3, -0.25) is 14.4 Å². The summed E-state index contributed by atoms with van der Waals surface area (Å²) < 4.78 is 1.97. The van der Waals surface area contributed by atoms with Crippen molar-refractivity contribution >= 4 is 5.91 Å². The number of likely N-dealkylation sites (tertiary alicyclic amines) is 1. The third-order valence-corrected chi connectivity index (χ3v) is 5.83. The van der Waals surface area contributed by atoms with E-state index in [0.29, 0.717) is 11.5 Å². The van der Waals surface area contributed by atoms with Crippen molar-refractivity contribution in [3.8, 4) is 11.1 Å². The van der Waals surface area contributed by atoms with Crippen LogP contribution >= 0.6 is 0 Å². The fourth-order valence-corrected chi connectivity index (χ4v) is 4.16. The Morgan fingerprint density at radius 2 is 1.87 bits per heavy atom. The van der Waals surface area contributed by atoms with Crippen LogP contribution in [0.5, 0.6) is 0 Å². The second kappa shape index (κ2) is 9.72. The standard InChI is InChI=1S/C25H30N4O/c1-2-29-19-21(16-27-29)18-28-14-6-7-20(17-28)15-26-25(30)24-12-10-23(11-13-24)22-8-4-3-5-9-22/h3-5,8-13,16,19-20H,2,6-7,14-15,17-18H2,1H3,(H,26,30). The van der Waals surface area contributed by atoms with E-state index in [-0.39, 0.29) is 5.91 Å². The van der Waals surface area contributed by atoms with Gasteiger partial charge in [-0.1, -0.05) is 42.5 Å². The van der Waals surface area contributed by atoms with E-state index < -0.39 is 0 Å². The normalized spacial score (nSPS) is 17.0. The predicted molar refractivity (Wildman–Crippen MR) is 120 cm³/mol. The molecule has 4 rings (SSSR count). The lowest BCUT2D eigenvalue weighted by molar-refractivity contribution is 0.0930. The lowest BCUT2D eigenvalue weighted by Gasteiger charge is -2.32. The highest BCUT2D eigenvalue weighted by atomic mass is 16.1. The van der Waals surface area contributed by atoms with Crippen LogP contribution in [0.4, 0.5) is 0 Å². The maximum Gasteiger partial charge on any atom is 0.251 e. The molecule has 1 N–H and O–H groups in total. The van der Waals surface area contributed by atoms with E-state index in [1.807, 2.05) is 53.3 Å². The van der Waals surface area contributed by atoms with Crippen LogP contribution in [0.3, 0.4) is 0 Å². The highest BCUT2D eigenvalue weighted by molar-refractivity contribution is 5.94. The largest absolute Gasteiger partial charge is 0.352 e. The molecule has 1 unspecified atom stereocenters. The zero-order chi connectivity index (χ0) is 20.8. The first-order valence-electron chi connectivity index (χ1n) is 10.9. The molecule has 5 heteroatoms. The minimum absolute atomic E-state index is 0.0101. The van der Waals surface area contributed by atoms with Gasteiger partial charge in [-0.25, -0.2) is 0 Å². The molecule has 1 aliphatic rings. The Hall–Kier alpha value is -2.92. The number of aryl methyl sites for hydroxylation is 1. The van der Waals surface area contributed by atoms with Crippen LogP contribution in [-0.2, 0) is 13.1 Å². The van der Waals surface area contributed by atoms with Crippen LogP contribution in [0.2, 0.25) is 0 Å². The molecule has 0 bridgehead atoms. The van der Waals surface area contributed by atoms with Crippen molar-refractivity contribution in [2.75, 3.05) is 19.6 Å². The summed E-state index contributed by atoms with van der Waals surface area (Å²) in [5.74, 6) is 0.503. The smallest absolute Gasteiger partial charge is 0.251 e. The second-order valence-corrected chi connectivity index (χ2v) is 8.10. The van der Waals surface area contributed by atoms with Gasteiger partial charge in [0, 0.05) is 43.5 Å². The number of amides is 1. The molecule has 1 amide bonds. The average Bonchev–Trinajstić information content (AvgIpc) is 3.26. The Balaban J connectivity index is 1.28. The van der Waals surface area contributed by atoms with Crippen LogP contribution in [0.15, 0.2) is 67.0 Å². The highest BCUT2D eigenvalue weighted by Crippen LogP contribution is 2.20. The number of carbonyl (C=O) groups is 1. The van der Waals surface area contributed by atoms with Gasteiger partial charge in [-0.2, -0.15) is 5.10 Å². The van der Waals surface area contributed by atoms with Crippen LogP contribution in [0.25, 0.3) is 11.1 Å². The molecule has 1 aromatic heterocycles. The average molecular weight is 403 g/mol. The lowest BCUT2D eigenvalue weighted by Crippen LogP contribution is -2.40. The molecule has 3 aromatic rings. The first-order chi connectivity index (χ1) is 14.7. The van der Waals surface area contributed by atoms with Gasteiger partial charge in [0.1, 0.15) is 0 Å². The van der Waals surface area contributed by atoms with Gasteiger partial charge in [0.2, 0.25) is 0 Å². The van der Waals surface area contributed by atoms with Crippen molar-refractivity contribution in [3.05, 3.63) is 78.1 Å². The fourth-order valence-electron chi connectivity index (χ4n) is 4.16. The molecule has 2 aromatic carbocycles. The molecule has 0 radical (unpaired) electrons. The molecular weight excluding hydrogens is 372 g/mol. The van der Waals surface area contributed by atoms with Crippen LogP contribution < -0.4 is 5.32 Å². The molecule has 30 heavy (non-hydrogen) atoms. The molecule has 5 nitrogen and oxygen atoms in total. The summed E-state index contributed by atoms with van der Waals surface area (Å²) in [6.07, 6.45) is 6.44. The third-order valence-electron chi connectivity index (χ3n) is 5.83. The van der Waals surface area contributed by atoms with E-state index in [0.717, 1.165) is 50.3 Å². The molecule has 0 aliphatic carbocycles. The maximum atomic E-state index is 12.6. The molecule has 2 heterocycles. The molecule has 1 fully saturated rings. The molecular formula is C25H30N4O. The summed E-state index contributed by atoms with van der Waals surface area (Å²) in [5.41, 5.74) is 4.27. The molecule has 0 saturated carbocycles. The summed E-state index contributed by atoms with van der Waals surface area (Å²) in [6.45, 7) is 6.80. The van der Waals surface area contributed by atoms with E-state index in [9.17, 15) is 4.79 Å². The van der Waals surface area contributed by atoms with E-state index in [4.69, 9.17) is 0 Å². The number of rotatable bonds is 7.